The molecule has 1 aromatic heterocycles. The van der Waals surface area contributed by atoms with Crippen LogP contribution in [0, 0.1) is 11.8 Å². The number of hydrogen-bond donors (Lipinski definition) is 5. The lowest BCUT2D eigenvalue weighted by Crippen LogP contribution is -2.60. The van der Waals surface area contributed by atoms with Gasteiger partial charge >= 0.3 is 6.09 Å². The first-order valence-corrected chi connectivity index (χ1v) is 17.7. The third-order valence-electron chi connectivity index (χ3n) is 9.04. The Morgan fingerprint density at radius 1 is 0.980 bits per heavy atom. The van der Waals surface area contributed by atoms with Crippen molar-refractivity contribution in [3.8, 4) is 0 Å². The number of ether oxygens (including phenoxy) is 1. The largest absolute Gasteiger partial charge is 0.444 e. The summed E-state index contributed by atoms with van der Waals surface area (Å²) in [4.78, 5) is 63.1. The van der Waals surface area contributed by atoms with Crippen molar-refractivity contribution in [1.29, 1.82) is 0 Å². The van der Waals surface area contributed by atoms with E-state index in [4.69, 9.17) is 10.5 Å². The number of amides is 4. The average molecular weight is 689 g/mol. The highest BCUT2D eigenvalue weighted by molar-refractivity contribution is 6.00. The Morgan fingerprint density at radius 2 is 1.64 bits per heavy atom. The van der Waals surface area contributed by atoms with E-state index in [-0.39, 0.29) is 43.6 Å². The molecule has 2 aromatic carbocycles. The number of benzene rings is 2. The van der Waals surface area contributed by atoms with E-state index in [1.54, 1.807) is 24.3 Å². The van der Waals surface area contributed by atoms with Gasteiger partial charge in [0.05, 0.1) is 30.9 Å². The molecule has 12 nitrogen and oxygen atoms in total. The lowest BCUT2D eigenvalue weighted by molar-refractivity contribution is -0.140. The molecule has 0 spiro atoms. The van der Waals surface area contributed by atoms with E-state index in [2.05, 4.69) is 20.6 Å². The van der Waals surface area contributed by atoms with Crippen LogP contribution in [0.2, 0.25) is 0 Å². The first-order valence-electron chi connectivity index (χ1n) is 17.7. The van der Waals surface area contributed by atoms with Gasteiger partial charge in [0, 0.05) is 24.9 Å². The number of aromatic nitrogens is 2. The fraction of sp³-hybridized carbons (Fsp3) is 0.500. The smallest absolute Gasteiger partial charge is 0.417 e. The summed E-state index contributed by atoms with van der Waals surface area (Å²) in [6.07, 6.45) is 6.09. The molecule has 1 heterocycles. The van der Waals surface area contributed by atoms with Crippen LogP contribution in [-0.2, 0) is 38.6 Å². The fourth-order valence-electron chi connectivity index (χ4n) is 6.29. The van der Waals surface area contributed by atoms with Crippen LogP contribution in [-0.4, -0.2) is 74.6 Å². The van der Waals surface area contributed by atoms with Crippen molar-refractivity contribution in [1.82, 2.24) is 25.5 Å². The van der Waals surface area contributed by atoms with E-state index in [0.29, 0.717) is 24.2 Å². The van der Waals surface area contributed by atoms with E-state index < -0.39 is 42.1 Å². The second-order valence-electron chi connectivity index (χ2n) is 13.7. The second-order valence-corrected chi connectivity index (χ2v) is 13.7. The van der Waals surface area contributed by atoms with Crippen molar-refractivity contribution in [2.24, 2.45) is 17.6 Å². The Balaban J connectivity index is 1.64. The minimum atomic E-state index is -1.41. The van der Waals surface area contributed by atoms with Gasteiger partial charge in [-0.25, -0.2) is 14.7 Å². The molecule has 1 saturated carbocycles. The molecule has 0 unspecified atom stereocenters. The van der Waals surface area contributed by atoms with Gasteiger partial charge in [-0.15, -0.1) is 0 Å². The topological polar surface area (TPSA) is 180 Å². The summed E-state index contributed by atoms with van der Waals surface area (Å²) in [7, 11) is 0. The quantitative estimate of drug-likeness (QED) is 0.141. The Hall–Kier alpha value is -4.55. The number of aromatic amines is 1. The summed E-state index contributed by atoms with van der Waals surface area (Å²) >= 11 is 0. The Labute approximate surface area is 294 Å². The van der Waals surface area contributed by atoms with Crippen LogP contribution in [0.15, 0.2) is 73.2 Å². The maximum atomic E-state index is 14.4. The van der Waals surface area contributed by atoms with Crippen LogP contribution >= 0.6 is 0 Å². The molecule has 270 valence electrons. The van der Waals surface area contributed by atoms with Crippen molar-refractivity contribution >= 4 is 23.8 Å². The number of imide groups is 1. The van der Waals surface area contributed by atoms with E-state index in [1.807, 2.05) is 50.2 Å². The normalized spacial score (nSPS) is 15.8. The lowest BCUT2D eigenvalue weighted by Gasteiger charge is -2.34. The van der Waals surface area contributed by atoms with Gasteiger partial charge in [0.1, 0.15) is 12.6 Å². The molecule has 1 aliphatic rings. The van der Waals surface area contributed by atoms with Gasteiger partial charge in [-0.3, -0.25) is 14.4 Å². The molecule has 0 aliphatic heterocycles. The Bertz CT molecular complexity index is 1480. The monoisotopic (exact) mass is 688 g/mol. The fourth-order valence-corrected chi connectivity index (χ4v) is 6.29. The molecule has 3 aromatic rings. The molecule has 4 amide bonds. The summed E-state index contributed by atoms with van der Waals surface area (Å²) in [6, 6.07) is 14.8. The number of hydrogen-bond acceptors (Lipinski definition) is 8. The highest BCUT2D eigenvalue weighted by atomic mass is 16.6. The van der Waals surface area contributed by atoms with E-state index in [1.165, 1.54) is 12.5 Å². The maximum absolute atomic E-state index is 14.4. The van der Waals surface area contributed by atoms with E-state index in [0.717, 1.165) is 42.6 Å². The number of nitrogens with two attached hydrogens (primary N) is 1. The standard InChI is InChI=1S/C38H52N6O6/c1-26(2)22-41-35(46)21-34(45)32(19-28-14-8-4-9-15-28)43-36(47)33(20-30-23-40-25-42-30)44(38(49)50-24-29-16-10-5-11-17-29)37(48)31(39)18-27-12-6-3-7-13-27/h3,5-7,10-13,16-17,23,25-26,28,31-34,45H,4,8-9,14-15,18-22,24,39H2,1-2H3,(H,40,42)(H,41,46)(H,43,47)/t31-,32-,33-,34-/m0/s1. The number of nitrogens with zero attached hydrogens (tertiary/aromatic N) is 2. The number of carbonyl (C=O) groups excluding carboxylic acids is 4. The molecule has 4 rings (SSSR count). The van der Waals surface area contributed by atoms with Crippen LogP contribution in [0.1, 0.15) is 75.6 Å². The van der Waals surface area contributed by atoms with Crippen LogP contribution in [0.4, 0.5) is 4.79 Å². The zero-order valence-corrected chi connectivity index (χ0v) is 29.1. The molecule has 12 heteroatoms. The minimum absolute atomic E-state index is 0.114. The predicted octanol–water partition coefficient (Wildman–Crippen LogP) is 4.03. The molecular formula is C38H52N6O6. The van der Waals surface area contributed by atoms with Crippen LogP contribution < -0.4 is 16.4 Å². The Morgan fingerprint density at radius 3 is 2.26 bits per heavy atom. The number of H-pyrrole nitrogens is 1. The van der Waals surface area contributed by atoms with Crippen LogP contribution in [0.25, 0.3) is 0 Å². The van der Waals surface area contributed by atoms with Crippen LogP contribution in [0.5, 0.6) is 0 Å². The predicted molar refractivity (Wildman–Crippen MR) is 189 cm³/mol. The highest BCUT2D eigenvalue weighted by Crippen LogP contribution is 2.29. The van der Waals surface area contributed by atoms with Gasteiger partial charge in [-0.05, 0) is 35.8 Å². The first kappa shape index (κ1) is 38.3. The SMILES string of the molecule is CC(C)CNC(=O)C[C@H](O)[C@H](CC1CCCCC1)NC(=O)[C@H](Cc1cnc[nH]1)N(C(=O)OCc1ccccc1)C(=O)[C@@H](N)Cc1ccccc1. The molecule has 1 fully saturated rings. The molecule has 50 heavy (non-hydrogen) atoms. The van der Waals surface area contributed by atoms with E-state index in [9.17, 15) is 24.3 Å². The van der Waals surface area contributed by atoms with Crippen molar-refractivity contribution in [3.63, 3.8) is 0 Å². The summed E-state index contributed by atoms with van der Waals surface area (Å²) < 4.78 is 5.64. The van der Waals surface area contributed by atoms with Crippen molar-refractivity contribution in [2.75, 3.05) is 6.54 Å². The number of aliphatic hydroxyl groups is 1. The molecule has 0 bridgehead atoms. The molecule has 6 N–H and O–H groups in total. The molecular weight excluding hydrogens is 636 g/mol. The highest BCUT2D eigenvalue weighted by Gasteiger charge is 2.40. The van der Waals surface area contributed by atoms with E-state index >= 15 is 0 Å². The number of carbonyl (C=O) groups is 4. The third kappa shape index (κ3) is 12.1. The molecule has 0 saturated heterocycles. The summed E-state index contributed by atoms with van der Waals surface area (Å²) in [5.74, 6) is -1.32. The number of nitrogens with one attached hydrogen (secondary N) is 3. The first-order chi connectivity index (χ1) is 24.1. The number of rotatable bonds is 17. The zero-order valence-electron chi connectivity index (χ0n) is 29.1. The summed E-state index contributed by atoms with van der Waals surface area (Å²) in [5, 5.41) is 17.2. The molecule has 1 aliphatic carbocycles. The lowest BCUT2D eigenvalue weighted by atomic mass is 9.83. The van der Waals surface area contributed by atoms with Gasteiger partial charge in [0.15, 0.2) is 0 Å². The summed E-state index contributed by atoms with van der Waals surface area (Å²) in [6.45, 7) is 4.28. The average Bonchev–Trinajstić information content (AvgIpc) is 3.64. The van der Waals surface area contributed by atoms with Gasteiger partial charge in [-0.2, -0.15) is 0 Å². The van der Waals surface area contributed by atoms with Gasteiger partial charge < -0.3 is 31.2 Å². The number of imidazole rings is 1. The van der Waals surface area contributed by atoms with Gasteiger partial charge in [-0.1, -0.05) is 107 Å². The Kier molecular flexibility index (Phi) is 15.0. The zero-order chi connectivity index (χ0) is 35.9. The van der Waals surface area contributed by atoms with Crippen LogP contribution in [0.3, 0.4) is 0 Å². The number of aliphatic hydroxyl groups excluding tert-OH is 1. The molecule has 0 radical (unpaired) electrons. The van der Waals surface area contributed by atoms with Crippen molar-refractivity contribution in [2.45, 2.75) is 102 Å². The van der Waals surface area contributed by atoms with Gasteiger partial charge in [0.25, 0.3) is 0 Å². The second kappa shape index (κ2) is 19.6. The van der Waals surface area contributed by atoms with Crippen molar-refractivity contribution < 1.29 is 29.0 Å². The minimum Gasteiger partial charge on any atom is -0.444 e. The summed E-state index contributed by atoms with van der Waals surface area (Å²) in [5.41, 5.74) is 8.42. The molecule has 4 atom stereocenters. The third-order valence-corrected chi connectivity index (χ3v) is 9.04. The van der Waals surface area contributed by atoms with Crippen molar-refractivity contribution in [3.05, 3.63) is 90.0 Å². The van der Waals surface area contributed by atoms with Gasteiger partial charge in [0.2, 0.25) is 17.7 Å². The maximum Gasteiger partial charge on any atom is 0.417 e.